The first-order valence-corrected chi connectivity index (χ1v) is 9.36. The molecular formula is C21H17BBrN3O. The predicted molar refractivity (Wildman–Crippen MR) is 114 cm³/mol. The second-order valence-electron chi connectivity index (χ2n) is 6.48. The normalized spacial score (nSPS) is 12.2. The van der Waals surface area contributed by atoms with Gasteiger partial charge >= 0.3 is 0 Å². The van der Waals surface area contributed by atoms with Crippen molar-refractivity contribution in [2.45, 2.75) is 13.0 Å². The number of phenolic OH excluding ortho intramolecular Hbond substituents is 1. The van der Waals surface area contributed by atoms with E-state index in [1.165, 1.54) is 0 Å². The van der Waals surface area contributed by atoms with Crippen molar-refractivity contribution in [2.75, 3.05) is 5.32 Å². The molecule has 2 aromatic carbocycles. The van der Waals surface area contributed by atoms with Crippen LogP contribution >= 0.6 is 15.9 Å². The minimum Gasteiger partial charge on any atom is -0.507 e. The Balaban J connectivity index is 1.89. The first-order valence-electron chi connectivity index (χ1n) is 8.56. The number of benzene rings is 2. The molecule has 4 rings (SSSR count). The number of nitrogens with zero attached hydrogens (tertiary/aromatic N) is 1. The second-order valence-corrected chi connectivity index (χ2v) is 7.33. The van der Waals surface area contributed by atoms with Crippen LogP contribution in [0.1, 0.15) is 22.7 Å². The van der Waals surface area contributed by atoms with Crippen molar-refractivity contribution in [3.8, 4) is 5.75 Å². The Bertz CT molecular complexity index is 1100. The molecule has 2 heterocycles. The number of aromatic amines is 1. The summed E-state index contributed by atoms with van der Waals surface area (Å²) in [5, 5.41) is 14.7. The molecule has 132 valence electrons. The fraction of sp³-hybridized carbons (Fsp3) is 0.0952. The number of H-pyrrole nitrogens is 1. The molecular weight excluding hydrogens is 401 g/mol. The Morgan fingerprint density at radius 3 is 2.78 bits per heavy atom. The molecule has 0 fully saturated rings. The zero-order valence-corrected chi connectivity index (χ0v) is 16.3. The fourth-order valence-electron chi connectivity index (χ4n) is 3.26. The fourth-order valence-corrected chi connectivity index (χ4v) is 3.75. The standard InChI is InChI=1S/C21H17BBrN3O/c1-12-5-2-3-7-18(12)26-19(13-9-16(22)20(27)17(23)10-13)15-11-25-21-14(15)6-4-8-24-21/h2-11,19,26-27H,1H3,(H,24,25). The van der Waals surface area contributed by atoms with E-state index in [4.69, 9.17) is 7.85 Å². The van der Waals surface area contributed by atoms with E-state index < -0.39 is 0 Å². The molecule has 4 aromatic rings. The van der Waals surface area contributed by atoms with Crippen LogP contribution in [0.4, 0.5) is 5.69 Å². The number of aromatic hydroxyl groups is 1. The molecule has 0 spiro atoms. The van der Waals surface area contributed by atoms with Gasteiger partial charge in [-0.15, -0.1) is 0 Å². The predicted octanol–water partition coefficient (Wildman–Crippen LogP) is 4.33. The third-order valence-electron chi connectivity index (χ3n) is 4.69. The van der Waals surface area contributed by atoms with Gasteiger partial charge in [-0.1, -0.05) is 29.7 Å². The lowest BCUT2D eigenvalue weighted by Crippen LogP contribution is -2.16. The molecule has 0 saturated heterocycles. The third kappa shape index (κ3) is 3.33. The minimum atomic E-state index is -0.178. The number of para-hydroxylation sites is 1. The summed E-state index contributed by atoms with van der Waals surface area (Å²) < 4.78 is 0.562. The van der Waals surface area contributed by atoms with Gasteiger partial charge in [0.05, 0.1) is 10.5 Å². The third-order valence-corrected chi connectivity index (χ3v) is 5.29. The topological polar surface area (TPSA) is 60.9 Å². The highest BCUT2D eigenvalue weighted by Gasteiger charge is 2.21. The number of halogens is 1. The molecule has 2 radical (unpaired) electrons. The number of aromatic nitrogens is 2. The monoisotopic (exact) mass is 417 g/mol. The summed E-state index contributed by atoms with van der Waals surface area (Å²) in [6, 6.07) is 15.6. The van der Waals surface area contributed by atoms with E-state index in [9.17, 15) is 5.11 Å². The van der Waals surface area contributed by atoms with Gasteiger partial charge in [-0.2, -0.15) is 0 Å². The van der Waals surface area contributed by atoms with Gasteiger partial charge in [0.1, 0.15) is 19.2 Å². The number of fused-ring (bicyclic) bond motifs is 1. The molecule has 1 atom stereocenters. The van der Waals surface area contributed by atoms with Crippen molar-refractivity contribution < 1.29 is 5.11 Å². The summed E-state index contributed by atoms with van der Waals surface area (Å²) in [6.07, 6.45) is 3.73. The van der Waals surface area contributed by atoms with Crippen molar-refractivity contribution in [3.63, 3.8) is 0 Å². The van der Waals surface area contributed by atoms with E-state index in [0.717, 1.165) is 33.4 Å². The van der Waals surface area contributed by atoms with Crippen LogP contribution in [0.3, 0.4) is 0 Å². The van der Waals surface area contributed by atoms with Gasteiger partial charge in [0.15, 0.2) is 0 Å². The van der Waals surface area contributed by atoms with Crippen LogP contribution in [0.15, 0.2) is 65.4 Å². The van der Waals surface area contributed by atoms with Crippen LogP contribution in [0.2, 0.25) is 0 Å². The number of pyridine rings is 1. The van der Waals surface area contributed by atoms with Crippen LogP contribution in [-0.4, -0.2) is 22.9 Å². The van der Waals surface area contributed by atoms with Crippen LogP contribution in [0.5, 0.6) is 5.75 Å². The minimum absolute atomic E-state index is 0.0500. The van der Waals surface area contributed by atoms with Crippen molar-refractivity contribution in [3.05, 3.63) is 82.1 Å². The first-order chi connectivity index (χ1) is 13.0. The molecule has 0 aliphatic heterocycles. The molecule has 0 amide bonds. The molecule has 2 aromatic heterocycles. The molecule has 0 bridgehead atoms. The average Bonchev–Trinajstić information content (AvgIpc) is 3.09. The van der Waals surface area contributed by atoms with Crippen LogP contribution < -0.4 is 10.8 Å². The quantitative estimate of drug-likeness (QED) is 0.433. The summed E-state index contributed by atoms with van der Waals surface area (Å²) in [5.74, 6) is 0.0500. The number of hydrogen-bond acceptors (Lipinski definition) is 3. The number of hydrogen-bond donors (Lipinski definition) is 3. The SMILES string of the molecule is [B]c1cc(C(Nc2ccccc2C)c2c[nH]c3ncccc23)cc(Br)c1O. The number of anilines is 1. The first kappa shape index (κ1) is 17.7. The maximum absolute atomic E-state index is 10.0. The Labute approximate surface area is 167 Å². The lowest BCUT2D eigenvalue weighted by Gasteiger charge is -2.23. The van der Waals surface area contributed by atoms with Crippen LogP contribution in [-0.2, 0) is 0 Å². The van der Waals surface area contributed by atoms with Crippen molar-refractivity contribution in [1.82, 2.24) is 9.97 Å². The number of nitrogens with one attached hydrogen (secondary N) is 2. The van der Waals surface area contributed by atoms with E-state index in [1.807, 2.05) is 42.6 Å². The highest BCUT2D eigenvalue weighted by molar-refractivity contribution is 9.10. The Morgan fingerprint density at radius 2 is 2.00 bits per heavy atom. The van der Waals surface area contributed by atoms with Gasteiger partial charge in [-0.05, 0) is 58.2 Å². The highest BCUT2D eigenvalue weighted by Crippen LogP contribution is 2.34. The summed E-state index contributed by atoms with van der Waals surface area (Å²) >= 11 is 3.40. The molecule has 0 aliphatic carbocycles. The number of phenols is 1. The Kier molecular flexibility index (Phi) is 4.66. The maximum atomic E-state index is 10.0. The van der Waals surface area contributed by atoms with Gasteiger partial charge in [0, 0.05) is 29.0 Å². The van der Waals surface area contributed by atoms with E-state index in [-0.39, 0.29) is 11.8 Å². The maximum Gasteiger partial charge on any atom is 0.137 e. The lowest BCUT2D eigenvalue weighted by molar-refractivity contribution is 0.476. The van der Waals surface area contributed by atoms with E-state index in [0.29, 0.717) is 9.94 Å². The van der Waals surface area contributed by atoms with E-state index in [1.54, 1.807) is 12.3 Å². The van der Waals surface area contributed by atoms with Crippen molar-refractivity contribution >= 4 is 46.0 Å². The molecule has 3 N–H and O–H groups in total. The highest BCUT2D eigenvalue weighted by atomic mass is 79.9. The largest absolute Gasteiger partial charge is 0.507 e. The van der Waals surface area contributed by atoms with Gasteiger partial charge in [-0.3, -0.25) is 0 Å². The number of rotatable bonds is 4. The van der Waals surface area contributed by atoms with Crippen LogP contribution in [0.25, 0.3) is 11.0 Å². The molecule has 0 aliphatic rings. The van der Waals surface area contributed by atoms with E-state index >= 15 is 0 Å². The Hall–Kier alpha value is -2.73. The smallest absolute Gasteiger partial charge is 0.137 e. The van der Waals surface area contributed by atoms with Gasteiger partial charge in [-0.25, -0.2) is 4.98 Å². The summed E-state index contributed by atoms with van der Waals surface area (Å²) in [4.78, 5) is 7.63. The molecule has 27 heavy (non-hydrogen) atoms. The summed E-state index contributed by atoms with van der Waals surface area (Å²) in [6.45, 7) is 2.07. The zero-order valence-electron chi connectivity index (χ0n) is 14.7. The van der Waals surface area contributed by atoms with Crippen LogP contribution in [0, 0.1) is 6.92 Å². The molecule has 1 unspecified atom stereocenters. The second kappa shape index (κ2) is 7.12. The Morgan fingerprint density at radius 1 is 1.19 bits per heavy atom. The average molecular weight is 418 g/mol. The van der Waals surface area contributed by atoms with Crippen molar-refractivity contribution in [2.24, 2.45) is 0 Å². The van der Waals surface area contributed by atoms with Gasteiger partial charge in [0.25, 0.3) is 0 Å². The summed E-state index contributed by atoms with van der Waals surface area (Å²) in [5.41, 5.74) is 5.32. The van der Waals surface area contributed by atoms with Crippen molar-refractivity contribution in [1.29, 1.82) is 0 Å². The van der Waals surface area contributed by atoms with Gasteiger partial charge < -0.3 is 15.4 Å². The summed E-state index contributed by atoms with van der Waals surface area (Å²) in [7, 11) is 6.02. The van der Waals surface area contributed by atoms with Gasteiger partial charge in [0.2, 0.25) is 0 Å². The number of aryl methyl sites for hydroxylation is 1. The zero-order chi connectivity index (χ0) is 19.0. The molecule has 4 nitrogen and oxygen atoms in total. The molecule has 6 heteroatoms. The lowest BCUT2D eigenvalue weighted by atomic mass is 9.89. The molecule has 0 saturated carbocycles. The van der Waals surface area contributed by atoms with E-state index in [2.05, 4.69) is 44.2 Å².